The van der Waals surface area contributed by atoms with Crippen LogP contribution in [0.25, 0.3) is 0 Å². The van der Waals surface area contributed by atoms with Gasteiger partial charge < -0.3 is 5.11 Å². The van der Waals surface area contributed by atoms with E-state index < -0.39 is 0 Å². The number of hydrogen-bond donors (Lipinski definition) is 1. The van der Waals surface area contributed by atoms with Crippen molar-refractivity contribution in [3.05, 3.63) is 33.8 Å². The molecule has 0 aliphatic carbocycles. The van der Waals surface area contributed by atoms with Gasteiger partial charge in [0.15, 0.2) is 0 Å². The van der Waals surface area contributed by atoms with Crippen LogP contribution in [0.3, 0.4) is 0 Å². The molecule has 72 valence electrons. The Hall–Kier alpha value is -0.340. The number of benzene rings is 1. The van der Waals surface area contributed by atoms with Crippen molar-refractivity contribution in [1.82, 2.24) is 0 Å². The Labute approximate surface area is 87.9 Å². The molecule has 0 saturated heterocycles. The van der Waals surface area contributed by atoms with Crippen molar-refractivity contribution < 1.29 is 5.11 Å². The first-order valence-electron chi connectivity index (χ1n) is 4.53. The minimum Gasteiger partial charge on any atom is -0.393 e. The van der Waals surface area contributed by atoms with E-state index in [1.807, 2.05) is 19.1 Å². The Morgan fingerprint density at radius 1 is 1.46 bits per heavy atom. The van der Waals surface area contributed by atoms with Gasteiger partial charge in [-0.1, -0.05) is 28.1 Å². The minimum absolute atomic E-state index is 0.210. The fourth-order valence-corrected chi connectivity index (χ4v) is 1.69. The van der Waals surface area contributed by atoms with E-state index in [4.69, 9.17) is 5.11 Å². The van der Waals surface area contributed by atoms with Crippen LogP contribution in [-0.2, 0) is 6.42 Å². The summed E-state index contributed by atoms with van der Waals surface area (Å²) in [5, 5.41) is 9.16. The summed E-state index contributed by atoms with van der Waals surface area (Å²) in [6, 6.07) is 6.19. The van der Waals surface area contributed by atoms with Gasteiger partial charge in [-0.25, -0.2) is 0 Å². The highest BCUT2D eigenvalue weighted by Crippen LogP contribution is 2.20. The zero-order valence-corrected chi connectivity index (χ0v) is 9.63. The Morgan fingerprint density at radius 2 is 2.15 bits per heavy atom. The molecule has 2 heteroatoms. The van der Waals surface area contributed by atoms with E-state index >= 15 is 0 Å². The number of rotatable bonds is 3. The van der Waals surface area contributed by atoms with Crippen molar-refractivity contribution in [3.8, 4) is 0 Å². The first kappa shape index (κ1) is 10.7. The van der Waals surface area contributed by atoms with Crippen molar-refractivity contribution in [1.29, 1.82) is 0 Å². The highest BCUT2D eigenvalue weighted by atomic mass is 79.9. The topological polar surface area (TPSA) is 20.2 Å². The Kier molecular flexibility index (Phi) is 3.94. The van der Waals surface area contributed by atoms with Crippen molar-refractivity contribution in [2.24, 2.45) is 0 Å². The maximum atomic E-state index is 9.16. The molecule has 1 aromatic rings. The molecule has 0 saturated carbocycles. The molecule has 1 rings (SSSR count). The molecule has 0 heterocycles. The number of halogens is 1. The molecule has 0 bridgehead atoms. The van der Waals surface area contributed by atoms with Crippen LogP contribution < -0.4 is 0 Å². The number of hydrogen-bond acceptors (Lipinski definition) is 1. The summed E-state index contributed by atoms with van der Waals surface area (Å²) in [7, 11) is 0. The average Bonchev–Trinajstić information content (AvgIpc) is 2.07. The molecular formula is C11H15BrO. The van der Waals surface area contributed by atoms with E-state index in [0.29, 0.717) is 0 Å². The van der Waals surface area contributed by atoms with Crippen LogP contribution in [0, 0.1) is 6.92 Å². The normalized spacial score (nSPS) is 12.9. The quantitative estimate of drug-likeness (QED) is 0.864. The maximum absolute atomic E-state index is 9.16. The van der Waals surface area contributed by atoms with Gasteiger partial charge in [0.2, 0.25) is 0 Å². The summed E-state index contributed by atoms with van der Waals surface area (Å²) in [4.78, 5) is 0. The van der Waals surface area contributed by atoms with Crippen molar-refractivity contribution in [2.75, 3.05) is 0 Å². The SMILES string of the molecule is Cc1c(Br)cccc1CCC(C)O. The van der Waals surface area contributed by atoms with E-state index in [9.17, 15) is 0 Å². The highest BCUT2D eigenvalue weighted by Gasteiger charge is 2.03. The van der Waals surface area contributed by atoms with E-state index in [0.717, 1.165) is 17.3 Å². The van der Waals surface area contributed by atoms with Crippen LogP contribution >= 0.6 is 15.9 Å². The summed E-state index contributed by atoms with van der Waals surface area (Å²) in [6.45, 7) is 3.93. The van der Waals surface area contributed by atoms with Crippen LogP contribution in [0.1, 0.15) is 24.5 Å². The third-order valence-electron chi connectivity index (χ3n) is 2.21. The average molecular weight is 243 g/mol. The molecule has 0 aromatic heterocycles. The lowest BCUT2D eigenvalue weighted by Gasteiger charge is -2.08. The molecule has 1 nitrogen and oxygen atoms in total. The zero-order chi connectivity index (χ0) is 9.84. The summed E-state index contributed by atoms with van der Waals surface area (Å²) < 4.78 is 1.15. The first-order valence-corrected chi connectivity index (χ1v) is 5.32. The Morgan fingerprint density at radius 3 is 2.77 bits per heavy atom. The van der Waals surface area contributed by atoms with E-state index in [2.05, 4.69) is 28.9 Å². The second-order valence-corrected chi connectivity index (χ2v) is 4.27. The highest BCUT2D eigenvalue weighted by molar-refractivity contribution is 9.10. The summed E-state index contributed by atoms with van der Waals surface area (Å²) in [5.41, 5.74) is 2.60. The standard InChI is InChI=1S/C11H15BrO/c1-8(13)6-7-10-4-3-5-11(12)9(10)2/h3-5,8,13H,6-7H2,1-2H3. The van der Waals surface area contributed by atoms with Crippen molar-refractivity contribution in [3.63, 3.8) is 0 Å². The molecule has 0 fully saturated rings. The molecule has 1 atom stereocenters. The van der Waals surface area contributed by atoms with Crippen LogP contribution in [0.2, 0.25) is 0 Å². The third kappa shape index (κ3) is 3.12. The molecule has 0 amide bonds. The maximum Gasteiger partial charge on any atom is 0.0515 e. The van der Waals surface area contributed by atoms with Gasteiger partial charge in [-0.2, -0.15) is 0 Å². The molecule has 1 N–H and O–H groups in total. The monoisotopic (exact) mass is 242 g/mol. The van der Waals surface area contributed by atoms with Gasteiger partial charge in [0.25, 0.3) is 0 Å². The summed E-state index contributed by atoms with van der Waals surface area (Å²) in [5.74, 6) is 0. The number of aryl methyl sites for hydroxylation is 1. The van der Waals surface area contributed by atoms with E-state index in [1.54, 1.807) is 0 Å². The molecule has 0 aliphatic rings. The van der Waals surface area contributed by atoms with Crippen LogP contribution in [0.15, 0.2) is 22.7 Å². The van der Waals surface area contributed by atoms with Gasteiger partial charge in [0.1, 0.15) is 0 Å². The largest absolute Gasteiger partial charge is 0.393 e. The van der Waals surface area contributed by atoms with Gasteiger partial charge in [-0.05, 0) is 43.9 Å². The van der Waals surface area contributed by atoms with Gasteiger partial charge in [-0.3, -0.25) is 0 Å². The fraction of sp³-hybridized carbons (Fsp3) is 0.455. The number of aliphatic hydroxyl groups is 1. The second-order valence-electron chi connectivity index (χ2n) is 3.41. The zero-order valence-electron chi connectivity index (χ0n) is 8.05. The molecule has 1 aromatic carbocycles. The predicted molar refractivity (Wildman–Crippen MR) is 58.9 cm³/mol. The van der Waals surface area contributed by atoms with Crippen LogP contribution in [-0.4, -0.2) is 11.2 Å². The molecule has 0 spiro atoms. The van der Waals surface area contributed by atoms with E-state index in [-0.39, 0.29) is 6.10 Å². The lowest BCUT2D eigenvalue weighted by molar-refractivity contribution is 0.185. The predicted octanol–water partition coefficient (Wildman–Crippen LogP) is 3.07. The van der Waals surface area contributed by atoms with Gasteiger partial charge in [0.05, 0.1) is 6.10 Å². The van der Waals surface area contributed by atoms with Gasteiger partial charge in [0, 0.05) is 4.47 Å². The van der Waals surface area contributed by atoms with Gasteiger partial charge in [-0.15, -0.1) is 0 Å². The lowest BCUT2D eigenvalue weighted by Crippen LogP contribution is -2.02. The van der Waals surface area contributed by atoms with E-state index in [1.165, 1.54) is 11.1 Å². The first-order chi connectivity index (χ1) is 6.11. The second kappa shape index (κ2) is 4.77. The summed E-state index contributed by atoms with van der Waals surface area (Å²) >= 11 is 3.49. The van der Waals surface area contributed by atoms with Crippen molar-refractivity contribution in [2.45, 2.75) is 32.8 Å². The Balaban J connectivity index is 2.71. The third-order valence-corrected chi connectivity index (χ3v) is 3.07. The van der Waals surface area contributed by atoms with Crippen LogP contribution in [0.4, 0.5) is 0 Å². The van der Waals surface area contributed by atoms with Crippen molar-refractivity contribution >= 4 is 15.9 Å². The summed E-state index contributed by atoms with van der Waals surface area (Å²) in [6.07, 6.45) is 1.57. The fourth-order valence-electron chi connectivity index (χ4n) is 1.29. The molecule has 0 radical (unpaired) electrons. The smallest absolute Gasteiger partial charge is 0.0515 e. The molecule has 1 unspecified atom stereocenters. The molecular weight excluding hydrogens is 228 g/mol. The molecule has 0 aliphatic heterocycles. The van der Waals surface area contributed by atoms with Crippen LogP contribution in [0.5, 0.6) is 0 Å². The lowest BCUT2D eigenvalue weighted by atomic mass is 10.0. The number of aliphatic hydroxyl groups excluding tert-OH is 1. The minimum atomic E-state index is -0.210. The molecule has 13 heavy (non-hydrogen) atoms. The Bertz CT molecular complexity index is 281. The van der Waals surface area contributed by atoms with Gasteiger partial charge >= 0.3 is 0 Å².